The van der Waals surface area contributed by atoms with Crippen molar-refractivity contribution in [2.24, 2.45) is 0 Å². The first-order valence-corrected chi connectivity index (χ1v) is 6.14. The van der Waals surface area contributed by atoms with Crippen molar-refractivity contribution in [3.8, 4) is 0 Å². The molecule has 1 aliphatic heterocycles. The van der Waals surface area contributed by atoms with Crippen molar-refractivity contribution in [1.29, 1.82) is 0 Å². The summed E-state index contributed by atoms with van der Waals surface area (Å²) in [6.07, 6.45) is 0.736. The van der Waals surface area contributed by atoms with E-state index in [9.17, 15) is 8.42 Å². The zero-order valence-corrected chi connectivity index (χ0v) is 9.26. The van der Waals surface area contributed by atoms with Gasteiger partial charge in [0.25, 0.3) is 0 Å². The first-order chi connectivity index (χ1) is 5.96. The van der Waals surface area contributed by atoms with Crippen LogP contribution >= 0.6 is 0 Å². The highest BCUT2D eigenvalue weighted by Gasteiger charge is 2.32. The van der Waals surface area contributed by atoms with Gasteiger partial charge in [-0.15, -0.1) is 0 Å². The largest absolute Gasteiger partial charge is 0.315 e. The molecule has 0 amide bonds. The summed E-state index contributed by atoms with van der Waals surface area (Å²) in [5.74, 6) is 0. The molecule has 1 fully saturated rings. The Balaban J connectivity index is 2.75. The van der Waals surface area contributed by atoms with Crippen LogP contribution in [0.5, 0.6) is 0 Å². The van der Waals surface area contributed by atoms with Crippen molar-refractivity contribution >= 4 is 10.0 Å². The third kappa shape index (κ3) is 2.21. The number of rotatable bonds is 3. The normalized spacial score (nSPS) is 24.5. The van der Waals surface area contributed by atoms with Crippen molar-refractivity contribution in [3.05, 3.63) is 0 Å². The Morgan fingerprint density at radius 2 is 2.08 bits per heavy atom. The van der Waals surface area contributed by atoms with E-state index in [1.807, 2.05) is 13.8 Å². The third-order valence-electron chi connectivity index (χ3n) is 2.56. The maximum absolute atomic E-state index is 11.9. The fraction of sp³-hybridized carbons (Fsp3) is 1.00. The minimum absolute atomic E-state index is 0.0469. The quantitative estimate of drug-likeness (QED) is 0.708. The second-order valence-corrected chi connectivity index (χ2v) is 6.04. The van der Waals surface area contributed by atoms with Gasteiger partial charge in [0.2, 0.25) is 10.0 Å². The Hall–Kier alpha value is -0.130. The predicted molar refractivity (Wildman–Crippen MR) is 53.1 cm³/mol. The molecule has 4 nitrogen and oxygen atoms in total. The van der Waals surface area contributed by atoms with Gasteiger partial charge in [-0.05, 0) is 26.8 Å². The second kappa shape index (κ2) is 3.94. The van der Waals surface area contributed by atoms with Crippen LogP contribution in [0.1, 0.15) is 20.3 Å². The van der Waals surface area contributed by atoms with E-state index in [-0.39, 0.29) is 11.3 Å². The highest BCUT2D eigenvalue weighted by molar-refractivity contribution is 7.89. The molecule has 1 aliphatic rings. The summed E-state index contributed by atoms with van der Waals surface area (Å²) in [4.78, 5) is 0. The molecular weight excluding hydrogens is 188 g/mol. The molecule has 0 saturated carbocycles. The van der Waals surface area contributed by atoms with Gasteiger partial charge in [0.1, 0.15) is 0 Å². The van der Waals surface area contributed by atoms with E-state index >= 15 is 0 Å². The average molecular weight is 206 g/mol. The van der Waals surface area contributed by atoms with Crippen LogP contribution in [0.15, 0.2) is 0 Å². The van der Waals surface area contributed by atoms with E-state index in [0.29, 0.717) is 6.54 Å². The highest BCUT2D eigenvalue weighted by atomic mass is 32.2. The lowest BCUT2D eigenvalue weighted by molar-refractivity contribution is 0.404. The Bertz CT molecular complexity index is 247. The number of hydrogen-bond donors (Lipinski definition) is 1. The zero-order chi connectivity index (χ0) is 10.1. The summed E-state index contributed by atoms with van der Waals surface area (Å²) in [6.45, 7) is 5.19. The smallest absolute Gasteiger partial charge is 0.218 e. The van der Waals surface area contributed by atoms with E-state index < -0.39 is 10.0 Å². The predicted octanol–water partition coefficient (Wildman–Crippen LogP) is 0.0183. The van der Waals surface area contributed by atoms with E-state index in [2.05, 4.69) is 5.32 Å². The fourth-order valence-electron chi connectivity index (χ4n) is 1.41. The van der Waals surface area contributed by atoms with Crippen molar-refractivity contribution in [2.45, 2.75) is 31.6 Å². The summed E-state index contributed by atoms with van der Waals surface area (Å²) >= 11 is 0. The van der Waals surface area contributed by atoms with Crippen LogP contribution in [-0.2, 0) is 10.0 Å². The maximum Gasteiger partial charge on any atom is 0.218 e. The van der Waals surface area contributed by atoms with Crippen LogP contribution in [0.25, 0.3) is 0 Å². The molecule has 0 spiro atoms. The lowest BCUT2D eigenvalue weighted by Gasteiger charge is -2.24. The molecule has 1 unspecified atom stereocenters. The van der Waals surface area contributed by atoms with E-state index in [1.165, 1.54) is 4.31 Å². The maximum atomic E-state index is 11.9. The Labute approximate surface area is 80.4 Å². The molecule has 0 aromatic rings. The monoisotopic (exact) mass is 206 g/mol. The van der Waals surface area contributed by atoms with Gasteiger partial charge < -0.3 is 5.32 Å². The number of sulfonamides is 1. The Morgan fingerprint density at radius 3 is 2.46 bits per heavy atom. The highest BCUT2D eigenvalue weighted by Crippen LogP contribution is 2.15. The summed E-state index contributed by atoms with van der Waals surface area (Å²) in [5.41, 5.74) is 0. The van der Waals surface area contributed by atoms with Crippen LogP contribution in [0, 0.1) is 0 Å². The molecule has 0 aromatic heterocycles. The summed E-state index contributed by atoms with van der Waals surface area (Å²) in [7, 11) is -1.42. The molecule has 1 rings (SSSR count). The van der Waals surface area contributed by atoms with Crippen LogP contribution in [0.4, 0.5) is 0 Å². The van der Waals surface area contributed by atoms with Crippen molar-refractivity contribution in [1.82, 2.24) is 9.62 Å². The van der Waals surface area contributed by atoms with E-state index in [0.717, 1.165) is 13.0 Å². The van der Waals surface area contributed by atoms with Gasteiger partial charge in [-0.3, -0.25) is 0 Å². The van der Waals surface area contributed by atoms with Gasteiger partial charge in [0, 0.05) is 19.6 Å². The molecule has 78 valence electrons. The topological polar surface area (TPSA) is 49.4 Å². The summed E-state index contributed by atoms with van der Waals surface area (Å²) in [5, 5.41) is 2.84. The van der Waals surface area contributed by atoms with Gasteiger partial charge in [0.15, 0.2) is 0 Å². The molecule has 1 atom stereocenters. The summed E-state index contributed by atoms with van der Waals surface area (Å²) in [6, 6.07) is 0.0469. The molecule has 5 heteroatoms. The van der Waals surface area contributed by atoms with Crippen LogP contribution < -0.4 is 5.32 Å². The minimum atomic E-state index is -3.07. The Kier molecular flexibility index (Phi) is 3.32. The first kappa shape index (κ1) is 10.9. The Morgan fingerprint density at radius 1 is 1.46 bits per heavy atom. The van der Waals surface area contributed by atoms with E-state index in [1.54, 1.807) is 7.05 Å². The molecule has 0 aliphatic carbocycles. The van der Waals surface area contributed by atoms with Gasteiger partial charge in [-0.2, -0.15) is 0 Å². The van der Waals surface area contributed by atoms with Gasteiger partial charge in [-0.25, -0.2) is 12.7 Å². The molecule has 13 heavy (non-hydrogen) atoms. The summed E-state index contributed by atoms with van der Waals surface area (Å²) < 4.78 is 25.2. The molecule has 1 N–H and O–H groups in total. The lowest BCUT2D eigenvalue weighted by Crippen LogP contribution is -2.40. The molecule has 1 heterocycles. The number of hydrogen-bond acceptors (Lipinski definition) is 3. The molecule has 1 saturated heterocycles. The van der Waals surface area contributed by atoms with Crippen molar-refractivity contribution in [3.63, 3.8) is 0 Å². The lowest BCUT2D eigenvalue weighted by atomic mass is 10.4. The zero-order valence-electron chi connectivity index (χ0n) is 8.45. The standard InChI is InChI=1S/C8H18N2O2S/c1-7(2)10(3)13(11,12)8-4-5-9-6-8/h7-9H,4-6H2,1-3H3. The van der Waals surface area contributed by atoms with Crippen molar-refractivity contribution < 1.29 is 8.42 Å². The van der Waals surface area contributed by atoms with Gasteiger partial charge in [0.05, 0.1) is 5.25 Å². The number of nitrogens with zero attached hydrogens (tertiary/aromatic N) is 1. The number of nitrogens with one attached hydrogen (secondary N) is 1. The molecule has 0 radical (unpaired) electrons. The average Bonchev–Trinajstić information content (AvgIpc) is 2.54. The SMILES string of the molecule is CC(C)N(C)S(=O)(=O)C1CCNC1. The van der Waals surface area contributed by atoms with Crippen LogP contribution in [0.3, 0.4) is 0 Å². The third-order valence-corrected chi connectivity index (χ3v) is 5.03. The van der Waals surface area contributed by atoms with Gasteiger partial charge in [-0.1, -0.05) is 0 Å². The molecular formula is C8H18N2O2S. The second-order valence-electron chi connectivity index (χ2n) is 3.77. The van der Waals surface area contributed by atoms with Gasteiger partial charge >= 0.3 is 0 Å². The van der Waals surface area contributed by atoms with Crippen LogP contribution in [0.2, 0.25) is 0 Å². The first-order valence-electron chi connectivity index (χ1n) is 4.64. The molecule has 0 bridgehead atoms. The minimum Gasteiger partial charge on any atom is -0.315 e. The van der Waals surface area contributed by atoms with E-state index in [4.69, 9.17) is 0 Å². The molecule has 0 aromatic carbocycles. The van der Waals surface area contributed by atoms with Crippen LogP contribution in [-0.4, -0.2) is 44.2 Å². The fourth-order valence-corrected chi connectivity index (χ4v) is 3.21. The van der Waals surface area contributed by atoms with Crippen molar-refractivity contribution in [2.75, 3.05) is 20.1 Å².